The fraction of sp³-hybridized carbons (Fsp3) is 0.727. The number of rotatable bonds is 4. The second-order valence-electron chi connectivity index (χ2n) is 8.89. The fourth-order valence-corrected chi connectivity index (χ4v) is 6.17. The SMILES string of the molecule is COCCOc1cc2c(cc1C(F)(F)F)[C@H]1CC[C@]3(C)CCC[C@H]3[C@@H]1CC2. The van der Waals surface area contributed by atoms with Crippen molar-refractivity contribution in [3.63, 3.8) is 0 Å². The average molecular weight is 382 g/mol. The van der Waals surface area contributed by atoms with Crippen LogP contribution in [0.5, 0.6) is 5.75 Å². The van der Waals surface area contributed by atoms with Crippen molar-refractivity contribution in [2.24, 2.45) is 17.3 Å². The van der Waals surface area contributed by atoms with E-state index in [1.807, 2.05) is 0 Å². The maximum atomic E-state index is 13.7. The number of methoxy groups -OCH3 is 1. The molecule has 27 heavy (non-hydrogen) atoms. The van der Waals surface area contributed by atoms with Gasteiger partial charge in [-0.1, -0.05) is 13.3 Å². The quantitative estimate of drug-likeness (QED) is 0.597. The van der Waals surface area contributed by atoms with Gasteiger partial charge in [0.25, 0.3) is 0 Å². The minimum atomic E-state index is -4.40. The Morgan fingerprint density at radius 2 is 1.93 bits per heavy atom. The van der Waals surface area contributed by atoms with Gasteiger partial charge in [0.2, 0.25) is 0 Å². The molecule has 0 N–H and O–H groups in total. The van der Waals surface area contributed by atoms with Crippen LogP contribution in [-0.2, 0) is 17.3 Å². The molecule has 3 aliphatic carbocycles. The molecule has 0 bridgehead atoms. The molecule has 4 atom stereocenters. The summed E-state index contributed by atoms with van der Waals surface area (Å²) in [4.78, 5) is 0. The summed E-state index contributed by atoms with van der Waals surface area (Å²) in [6.45, 7) is 2.81. The molecule has 1 aromatic rings. The zero-order valence-electron chi connectivity index (χ0n) is 16.2. The molecule has 1 aromatic carbocycles. The highest BCUT2D eigenvalue weighted by atomic mass is 19.4. The Morgan fingerprint density at radius 3 is 2.67 bits per heavy atom. The van der Waals surface area contributed by atoms with Crippen LogP contribution in [0, 0.1) is 17.3 Å². The van der Waals surface area contributed by atoms with Crippen LogP contribution in [0.15, 0.2) is 12.1 Å². The number of hydrogen-bond acceptors (Lipinski definition) is 2. The molecule has 2 saturated carbocycles. The van der Waals surface area contributed by atoms with Crippen LogP contribution in [0.1, 0.15) is 68.1 Å². The van der Waals surface area contributed by atoms with E-state index in [-0.39, 0.29) is 24.9 Å². The first-order valence-corrected chi connectivity index (χ1v) is 10.2. The maximum Gasteiger partial charge on any atom is 0.419 e. The zero-order valence-corrected chi connectivity index (χ0v) is 16.2. The monoisotopic (exact) mass is 382 g/mol. The van der Waals surface area contributed by atoms with Gasteiger partial charge in [-0.15, -0.1) is 0 Å². The van der Waals surface area contributed by atoms with Gasteiger partial charge in [0.1, 0.15) is 12.4 Å². The highest BCUT2D eigenvalue weighted by Gasteiger charge is 2.50. The van der Waals surface area contributed by atoms with Gasteiger partial charge < -0.3 is 9.47 Å². The predicted molar refractivity (Wildman–Crippen MR) is 98.0 cm³/mol. The summed E-state index contributed by atoms with van der Waals surface area (Å²) in [7, 11) is 1.51. The first-order valence-electron chi connectivity index (χ1n) is 10.2. The number of aryl methyl sites for hydroxylation is 1. The standard InChI is InChI=1S/C22H29F3O2/c1-21-8-3-4-18(21)16-6-5-14-12-20(27-11-10-26-2)19(22(23,24)25)13-17(14)15(16)7-9-21/h12-13,15-16,18H,3-11H2,1-2H3/t15-,16+,18-,21-/m0/s1. The van der Waals surface area contributed by atoms with Crippen LogP contribution in [0.25, 0.3) is 0 Å². The average Bonchev–Trinajstić information content (AvgIpc) is 3.02. The molecule has 0 heterocycles. The Hall–Kier alpha value is -1.23. The zero-order chi connectivity index (χ0) is 19.2. The molecule has 4 rings (SSSR count). The van der Waals surface area contributed by atoms with Gasteiger partial charge in [0, 0.05) is 7.11 Å². The lowest BCUT2D eigenvalue weighted by Gasteiger charge is -2.49. The van der Waals surface area contributed by atoms with E-state index in [2.05, 4.69) is 6.92 Å². The van der Waals surface area contributed by atoms with Gasteiger partial charge >= 0.3 is 6.18 Å². The number of alkyl halides is 3. The second-order valence-corrected chi connectivity index (χ2v) is 8.89. The summed E-state index contributed by atoms with van der Waals surface area (Å²) in [6.07, 6.45) is 3.53. The maximum absolute atomic E-state index is 13.7. The predicted octanol–water partition coefficient (Wildman–Crippen LogP) is 5.98. The molecule has 3 aliphatic rings. The smallest absolute Gasteiger partial charge is 0.419 e. The van der Waals surface area contributed by atoms with Crippen molar-refractivity contribution in [2.75, 3.05) is 20.3 Å². The van der Waals surface area contributed by atoms with Gasteiger partial charge in [-0.05, 0) is 85.0 Å². The van der Waals surface area contributed by atoms with Crippen molar-refractivity contribution >= 4 is 0 Å². The van der Waals surface area contributed by atoms with Gasteiger partial charge in [-0.3, -0.25) is 0 Å². The Bertz CT molecular complexity index is 700. The van der Waals surface area contributed by atoms with Crippen molar-refractivity contribution in [2.45, 2.75) is 64.0 Å². The second kappa shape index (κ2) is 6.98. The Morgan fingerprint density at radius 1 is 1.11 bits per heavy atom. The van der Waals surface area contributed by atoms with Crippen molar-refractivity contribution in [1.29, 1.82) is 0 Å². The van der Waals surface area contributed by atoms with Crippen LogP contribution in [0.4, 0.5) is 13.2 Å². The number of fused-ring (bicyclic) bond motifs is 5. The summed E-state index contributed by atoms with van der Waals surface area (Å²) in [6, 6.07) is 3.07. The topological polar surface area (TPSA) is 18.5 Å². The van der Waals surface area contributed by atoms with E-state index in [0.29, 0.717) is 17.3 Å². The van der Waals surface area contributed by atoms with Gasteiger partial charge in [0.15, 0.2) is 0 Å². The lowest BCUT2D eigenvalue weighted by molar-refractivity contribution is -0.139. The largest absolute Gasteiger partial charge is 0.491 e. The molecule has 0 radical (unpaired) electrons. The summed E-state index contributed by atoms with van der Waals surface area (Å²) in [5, 5.41) is 0. The summed E-state index contributed by atoms with van der Waals surface area (Å²) >= 11 is 0. The van der Waals surface area contributed by atoms with Crippen molar-refractivity contribution < 1.29 is 22.6 Å². The van der Waals surface area contributed by atoms with Crippen LogP contribution in [0.3, 0.4) is 0 Å². The molecule has 0 unspecified atom stereocenters. The Balaban J connectivity index is 1.68. The number of halogens is 3. The van der Waals surface area contributed by atoms with Crippen molar-refractivity contribution in [3.05, 3.63) is 28.8 Å². The fourth-order valence-electron chi connectivity index (χ4n) is 6.17. The Labute approximate surface area is 159 Å². The number of hydrogen-bond donors (Lipinski definition) is 0. The van der Waals surface area contributed by atoms with E-state index >= 15 is 0 Å². The van der Waals surface area contributed by atoms with Crippen LogP contribution in [-0.4, -0.2) is 20.3 Å². The Kier molecular flexibility index (Phi) is 4.94. The molecule has 5 heteroatoms. The molecule has 0 spiro atoms. The van der Waals surface area contributed by atoms with Crippen LogP contribution < -0.4 is 4.74 Å². The van der Waals surface area contributed by atoms with E-state index in [1.54, 1.807) is 6.07 Å². The third-order valence-corrected chi connectivity index (χ3v) is 7.46. The van der Waals surface area contributed by atoms with E-state index < -0.39 is 11.7 Å². The van der Waals surface area contributed by atoms with Gasteiger partial charge in [-0.2, -0.15) is 13.2 Å². The molecule has 0 aromatic heterocycles. The van der Waals surface area contributed by atoms with E-state index in [1.165, 1.54) is 32.4 Å². The van der Waals surface area contributed by atoms with E-state index in [9.17, 15) is 13.2 Å². The van der Waals surface area contributed by atoms with E-state index in [0.717, 1.165) is 36.8 Å². The summed E-state index contributed by atoms with van der Waals surface area (Å²) < 4.78 is 51.5. The van der Waals surface area contributed by atoms with Gasteiger partial charge in [-0.25, -0.2) is 0 Å². The van der Waals surface area contributed by atoms with Crippen molar-refractivity contribution in [3.8, 4) is 5.75 Å². The van der Waals surface area contributed by atoms with Crippen LogP contribution in [0.2, 0.25) is 0 Å². The molecule has 2 fully saturated rings. The number of benzene rings is 1. The molecule has 2 nitrogen and oxygen atoms in total. The minimum Gasteiger partial charge on any atom is -0.491 e. The van der Waals surface area contributed by atoms with Crippen LogP contribution >= 0.6 is 0 Å². The third-order valence-electron chi connectivity index (χ3n) is 7.46. The molecular weight excluding hydrogens is 353 g/mol. The summed E-state index contributed by atoms with van der Waals surface area (Å²) in [5.41, 5.74) is 1.77. The minimum absolute atomic E-state index is 0.0433. The molecule has 0 aliphatic heterocycles. The highest BCUT2D eigenvalue weighted by molar-refractivity contribution is 5.47. The molecular formula is C22H29F3O2. The first-order chi connectivity index (χ1) is 12.8. The number of ether oxygens (including phenoxy) is 2. The normalized spacial score (nSPS) is 32.6. The van der Waals surface area contributed by atoms with E-state index in [4.69, 9.17) is 9.47 Å². The lowest BCUT2D eigenvalue weighted by Crippen LogP contribution is -2.39. The molecule has 150 valence electrons. The summed E-state index contributed by atoms with van der Waals surface area (Å²) in [5.74, 6) is 1.45. The third kappa shape index (κ3) is 3.37. The molecule has 0 saturated heterocycles. The highest BCUT2D eigenvalue weighted by Crippen LogP contribution is 2.61. The van der Waals surface area contributed by atoms with Gasteiger partial charge in [0.05, 0.1) is 12.2 Å². The lowest BCUT2D eigenvalue weighted by atomic mass is 9.56. The van der Waals surface area contributed by atoms with Crippen molar-refractivity contribution in [1.82, 2.24) is 0 Å². The first kappa shape index (κ1) is 19.1. The molecule has 0 amide bonds.